The van der Waals surface area contributed by atoms with Crippen molar-refractivity contribution in [1.82, 2.24) is 0 Å². The Kier molecular flexibility index (Phi) is 5.70. The minimum atomic E-state index is -0.488. The van der Waals surface area contributed by atoms with Crippen LogP contribution in [0.2, 0.25) is 5.02 Å². The third-order valence-corrected chi connectivity index (χ3v) is 2.46. The van der Waals surface area contributed by atoms with E-state index in [-0.39, 0.29) is 10.6 Å². The lowest BCUT2D eigenvalue weighted by Gasteiger charge is -2.01. The highest BCUT2D eigenvalue weighted by Gasteiger charge is 2.04. The van der Waals surface area contributed by atoms with Crippen LogP contribution in [0.3, 0.4) is 0 Å². The van der Waals surface area contributed by atoms with Gasteiger partial charge in [-0.15, -0.1) is 0 Å². The molecule has 0 aliphatic rings. The van der Waals surface area contributed by atoms with Gasteiger partial charge in [-0.2, -0.15) is 0 Å². The molecule has 1 aromatic carbocycles. The van der Waals surface area contributed by atoms with E-state index in [1.54, 1.807) is 6.07 Å². The van der Waals surface area contributed by atoms with Gasteiger partial charge in [0.25, 0.3) is 0 Å². The summed E-state index contributed by atoms with van der Waals surface area (Å²) in [5.74, 6) is -0.951. The molecule has 0 N–H and O–H groups in total. The predicted molar refractivity (Wildman–Crippen MR) is 66.3 cm³/mol. The Morgan fingerprint density at radius 1 is 1.53 bits per heavy atom. The molecule has 2 nitrogen and oxygen atoms in total. The van der Waals surface area contributed by atoms with Crippen molar-refractivity contribution in [3.05, 3.63) is 40.7 Å². The number of halogens is 2. The van der Waals surface area contributed by atoms with Crippen molar-refractivity contribution in [3.63, 3.8) is 0 Å². The summed E-state index contributed by atoms with van der Waals surface area (Å²) < 4.78 is 18.2. The fraction of sp³-hybridized carbons (Fsp3) is 0.308. The monoisotopic (exact) mass is 256 g/mol. The summed E-state index contributed by atoms with van der Waals surface area (Å²) in [6.07, 6.45) is 4.28. The molecule has 0 unspecified atom stereocenters. The van der Waals surface area contributed by atoms with Crippen molar-refractivity contribution in [3.8, 4) is 0 Å². The minimum absolute atomic E-state index is 0.196. The first-order chi connectivity index (χ1) is 8.15. The molecule has 0 saturated heterocycles. The Morgan fingerprint density at radius 2 is 2.29 bits per heavy atom. The quantitative estimate of drug-likeness (QED) is 0.455. The van der Waals surface area contributed by atoms with Crippen molar-refractivity contribution in [2.45, 2.75) is 19.8 Å². The van der Waals surface area contributed by atoms with E-state index in [1.807, 2.05) is 6.92 Å². The van der Waals surface area contributed by atoms with Gasteiger partial charge in [0.1, 0.15) is 5.82 Å². The first-order valence-corrected chi connectivity index (χ1v) is 5.81. The first-order valence-electron chi connectivity index (χ1n) is 5.44. The zero-order valence-electron chi connectivity index (χ0n) is 9.58. The van der Waals surface area contributed by atoms with Gasteiger partial charge in [-0.3, -0.25) is 0 Å². The SMILES string of the molecule is CCCCOC(=O)/C=C/c1c(F)cccc1Cl. The lowest BCUT2D eigenvalue weighted by atomic mass is 10.2. The molecular formula is C13H14ClFO2. The molecule has 0 radical (unpaired) electrons. The van der Waals surface area contributed by atoms with Crippen molar-refractivity contribution >= 4 is 23.6 Å². The van der Waals surface area contributed by atoms with Gasteiger partial charge in [-0.25, -0.2) is 9.18 Å². The molecule has 0 aliphatic heterocycles. The molecule has 0 aliphatic carbocycles. The molecule has 0 bridgehead atoms. The van der Waals surface area contributed by atoms with Crippen molar-refractivity contribution < 1.29 is 13.9 Å². The van der Waals surface area contributed by atoms with Crippen LogP contribution in [0.1, 0.15) is 25.3 Å². The molecular weight excluding hydrogens is 243 g/mol. The molecule has 92 valence electrons. The molecule has 0 amide bonds. The number of ether oxygens (including phenoxy) is 1. The average Bonchev–Trinajstić information content (AvgIpc) is 2.29. The zero-order chi connectivity index (χ0) is 12.7. The minimum Gasteiger partial charge on any atom is -0.463 e. The fourth-order valence-electron chi connectivity index (χ4n) is 1.19. The van der Waals surface area contributed by atoms with Crippen molar-refractivity contribution in [1.29, 1.82) is 0 Å². The molecule has 0 fully saturated rings. The average molecular weight is 257 g/mol. The summed E-state index contributed by atoms with van der Waals surface area (Å²) in [6, 6.07) is 4.36. The predicted octanol–water partition coefficient (Wildman–Crippen LogP) is 3.84. The van der Waals surface area contributed by atoms with Crippen LogP contribution in [0, 0.1) is 5.82 Å². The van der Waals surface area contributed by atoms with E-state index >= 15 is 0 Å². The number of carbonyl (C=O) groups is 1. The summed E-state index contributed by atoms with van der Waals surface area (Å²) in [7, 11) is 0. The van der Waals surface area contributed by atoms with Gasteiger partial charge < -0.3 is 4.74 Å². The van der Waals surface area contributed by atoms with Crippen LogP contribution in [0.4, 0.5) is 4.39 Å². The topological polar surface area (TPSA) is 26.3 Å². The number of hydrogen-bond acceptors (Lipinski definition) is 2. The van der Waals surface area contributed by atoms with E-state index < -0.39 is 11.8 Å². The third-order valence-electron chi connectivity index (χ3n) is 2.13. The Labute approximate surface area is 105 Å². The summed E-state index contributed by atoms with van der Waals surface area (Å²) in [5, 5.41) is 0.266. The molecule has 1 aromatic rings. The highest BCUT2D eigenvalue weighted by atomic mass is 35.5. The van der Waals surface area contributed by atoms with Crippen molar-refractivity contribution in [2.24, 2.45) is 0 Å². The number of esters is 1. The van der Waals surface area contributed by atoms with Gasteiger partial charge in [0.2, 0.25) is 0 Å². The van der Waals surface area contributed by atoms with Gasteiger partial charge in [-0.05, 0) is 24.6 Å². The maximum Gasteiger partial charge on any atom is 0.330 e. The van der Waals surface area contributed by atoms with E-state index in [4.69, 9.17) is 16.3 Å². The molecule has 0 saturated carbocycles. The Morgan fingerprint density at radius 3 is 2.94 bits per heavy atom. The molecule has 0 aromatic heterocycles. The van der Waals surface area contributed by atoms with Crippen LogP contribution < -0.4 is 0 Å². The standard InChI is InChI=1S/C13H14ClFO2/c1-2-3-9-17-13(16)8-7-10-11(14)5-4-6-12(10)15/h4-8H,2-3,9H2,1H3/b8-7+. The highest BCUT2D eigenvalue weighted by molar-refractivity contribution is 6.32. The number of carbonyl (C=O) groups excluding carboxylic acids is 1. The van der Waals surface area contributed by atoms with Crippen LogP contribution in [-0.4, -0.2) is 12.6 Å². The molecule has 17 heavy (non-hydrogen) atoms. The second kappa shape index (κ2) is 7.07. The fourth-order valence-corrected chi connectivity index (χ4v) is 1.41. The van der Waals surface area contributed by atoms with Crippen LogP contribution in [0.25, 0.3) is 6.08 Å². The molecule has 0 spiro atoms. The van der Waals surface area contributed by atoms with Gasteiger partial charge in [0.15, 0.2) is 0 Å². The summed E-state index contributed by atoms with van der Waals surface area (Å²) in [4.78, 5) is 11.2. The van der Waals surface area contributed by atoms with Crippen LogP contribution in [-0.2, 0) is 9.53 Å². The summed E-state index contributed by atoms with van der Waals surface area (Å²) in [6.45, 7) is 2.38. The molecule has 0 heterocycles. The number of benzene rings is 1. The van der Waals surface area contributed by atoms with Crippen LogP contribution in [0.5, 0.6) is 0 Å². The van der Waals surface area contributed by atoms with E-state index in [0.29, 0.717) is 6.61 Å². The second-order valence-electron chi connectivity index (χ2n) is 3.49. The van der Waals surface area contributed by atoms with Gasteiger partial charge in [0.05, 0.1) is 11.6 Å². The zero-order valence-corrected chi connectivity index (χ0v) is 10.3. The largest absolute Gasteiger partial charge is 0.463 e. The lowest BCUT2D eigenvalue weighted by molar-refractivity contribution is -0.137. The third kappa shape index (κ3) is 4.57. The van der Waals surface area contributed by atoms with Crippen LogP contribution >= 0.6 is 11.6 Å². The smallest absolute Gasteiger partial charge is 0.330 e. The Hall–Kier alpha value is -1.35. The van der Waals surface area contributed by atoms with E-state index in [0.717, 1.165) is 12.8 Å². The number of hydrogen-bond donors (Lipinski definition) is 0. The highest BCUT2D eigenvalue weighted by Crippen LogP contribution is 2.20. The number of unbranched alkanes of at least 4 members (excludes halogenated alkanes) is 1. The maximum absolute atomic E-state index is 13.3. The second-order valence-corrected chi connectivity index (χ2v) is 3.90. The molecule has 0 atom stereocenters. The number of rotatable bonds is 5. The lowest BCUT2D eigenvalue weighted by Crippen LogP contribution is -2.01. The van der Waals surface area contributed by atoms with E-state index in [1.165, 1.54) is 24.3 Å². The Balaban J connectivity index is 2.61. The van der Waals surface area contributed by atoms with Gasteiger partial charge in [0, 0.05) is 11.6 Å². The van der Waals surface area contributed by atoms with E-state index in [9.17, 15) is 9.18 Å². The first kappa shape index (κ1) is 13.7. The van der Waals surface area contributed by atoms with Gasteiger partial charge in [-0.1, -0.05) is 31.0 Å². The van der Waals surface area contributed by atoms with E-state index in [2.05, 4.69) is 0 Å². The summed E-state index contributed by atoms with van der Waals surface area (Å²) >= 11 is 5.80. The summed E-state index contributed by atoms with van der Waals surface area (Å²) in [5.41, 5.74) is 0.196. The normalized spacial score (nSPS) is 10.8. The van der Waals surface area contributed by atoms with Crippen molar-refractivity contribution in [2.75, 3.05) is 6.61 Å². The van der Waals surface area contributed by atoms with Gasteiger partial charge >= 0.3 is 5.97 Å². The van der Waals surface area contributed by atoms with Crippen LogP contribution in [0.15, 0.2) is 24.3 Å². The molecule has 1 rings (SSSR count). The maximum atomic E-state index is 13.3. The Bertz CT molecular complexity index is 396. The molecule has 4 heteroatoms.